The van der Waals surface area contributed by atoms with Crippen molar-refractivity contribution in [3.05, 3.63) is 47.5 Å². The highest BCUT2D eigenvalue weighted by atomic mass is 32.2. The van der Waals surface area contributed by atoms with Crippen LogP contribution in [0.1, 0.15) is 11.1 Å². The summed E-state index contributed by atoms with van der Waals surface area (Å²) in [6.45, 7) is 0. The Morgan fingerprint density at radius 2 is 1.35 bits per heavy atom. The van der Waals surface area contributed by atoms with Crippen molar-refractivity contribution in [1.29, 1.82) is 0 Å². The molecule has 5 heteroatoms. The molecule has 4 nitrogen and oxygen atoms in total. The van der Waals surface area contributed by atoms with Gasteiger partial charge in [-0.25, -0.2) is 0 Å². The summed E-state index contributed by atoms with van der Waals surface area (Å²) in [6, 6.07) is 11.9. The lowest BCUT2D eigenvalue weighted by Gasteiger charge is -2.20. The van der Waals surface area contributed by atoms with Gasteiger partial charge in [-0.3, -0.25) is 0 Å². The van der Waals surface area contributed by atoms with Crippen LogP contribution in [-0.2, 0) is 12.8 Å². The second kappa shape index (κ2) is 8.58. The zero-order valence-corrected chi connectivity index (χ0v) is 16.3. The SMILES string of the molecule is COc1cc(C[C@H]2CSC[C@@H]2Cc2ccc(OC)c(OC)c2)ccc1O. The van der Waals surface area contributed by atoms with Crippen molar-refractivity contribution in [2.45, 2.75) is 12.8 Å². The van der Waals surface area contributed by atoms with Gasteiger partial charge in [-0.05, 0) is 71.6 Å². The van der Waals surface area contributed by atoms with Crippen LogP contribution in [-0.4, -0.2) is 37.9 Å². The first kappa shape index (κ1) is 18.8. The quantitative estimate of drug-likeness (QED) is 0.788. The molecule has 2 atom stereocenters. The van der Waals surface area contributed by atoms with Crippen molar-refractivity contribution in [3.63, 3.8) is 0 Å². The molecule has 26 heavy (non-hydrogen) atoms. The Hall–Kier alpha value is -2.01. The van der Waals surface area contributed by atoms with Crippen molar-refractivity contribution >= 4 is 11.8 Å². The van der Waals surface area contributed by atoms with Crippen molar-refractivity contribution < 1.29 is 19.3 Å². The number of phenols is 1. The molecular formula is C21H26O4S. The van der Waals surface area contributed by atoms with E-state index in [1.165, 1.54) is 22.6 Å². The predicted molar refractivity (Wildman–Crippen MR) is 106 cm³/mol. The maximum absolute atomic E-state index is 9.78. The van der Waals surface area contributed by atoms with Crippen LogP contribution in [0.25, 0.3) is 0 Å². The zero-order chi connectivity index (χ0) is 18.5. The summed E-state index contributed by atoms with van der Waals surface area (Å²) in [6.07, 6.45) is 2.04. The number of benzene rings is 2. The lowest BCUT2D eigenvalue weighted by molar-refractivity contribution is 0.353. The molecule has 1 aliphatic rings. The number of phenolic OH excluding ortho intramolecular Hbond substituents is 1. The monoisotopic (exact) mass is 374 g/mol. The summed E-state index contributed by atoms with van der Waals surface area (Å²) < 4.78 is 16.0. The number of rotatable bonds is 7. The van der Waals surface area contributed by atoms with E-state index >= 15 is 0 Å². The third-order valence-electron chi connectivity index (χ3n) is 5.02. The summed E-state index contributed by atoms with van der Waals surface area (Å²) >= 11 is 2.02. The molecule has 1 fully saturated rings. The molecule has 0 aromatic heterocycles. The van der Waals surface area contributed by atoms with Crippen LogP contribution in [0.5, 0.6) is 23.0 Å². The van der Waals surface area contributed by atoms with Crippen LogP contribution in [0.4, 0.5) is 0 Å². The molecule has 0 radical (unpaired) electrons. The fourth-order valence-electron chi connectivity index (χ4n) is 3.56. The van der Waals surface area contributed by atoms with Crippen molar-refractivity contribution in [2.75, 3.05) is 32.8 Å². The Balaban J connectivity index is 1.70. The van der Waals surface area contributed by atoms with E-state index in [0.29, 0.717) is 17.6 Å². The number of hydrogen-bond acceptors (Lipinski definition) is 5. The van der Waals surface area contributed by atoms with Gasteiger partial charge >= 0.3 is 0 Å². The van der Waals surface area contributed by atoms with E-state index in [2.05, 4.69) is 12.1 Å². The van der Waals surface area contributed by atoms with Gasteiger partial charge in [-0.15, -0.1) is 0 Å². The number of ether oxygens (including phenoxy) is 3. The van der Waals surface area contributed by atoms with E-state index < -0.39 is 0 Å². The number of aromatic hydroxyl groups is 1. The molecule has 0 saturated carbocycles. The molecule has 0 bridgehead atoms. The number of methoxy groups -OCH3 is 3. The lowest BCUT2D eigenvalue weighted by Crippen LogP contribution is -2.17. The zero-order valence-electron chi connectivity index (χ0n) is 15.5. The van der Waals surface area contributed by atoms with Crippen LogP contribution in [0.3, 0.4) is 0 Å². The molecule has 0 amide bonds. The van der Waals surface area contributed by atoms with Crippen LogP contribution in [0, 0.1) is 11.8 Å². The molecule has 2 aromatic rings. The topological polar surface area (TPSA) is 47.9 Å². The Bertz CT molecular complexity index is 747. The minimum atomic E-state index is 0.193. The van der Waals surface area contributed by atoms with Crippen LogP contribution < -0.4 is 14.2 Å². The minimum Gasteiger partial charge on any atom is -0.504 e. The van der Waals surface area contributed by atoms with Gasteiger partial charge in [0.1, 0.15) is 0 Å². The molecule has 0 spiro atoms. The third-order valence-corrected chi connectivity index (χ3v) is 6.35. The van der Waals surface area contributed by atoms with Crippen LogP contribution >= 0.6 is 11.8 Å². The van der Waals surface area contributed by atoms with Gasteiger partial charge in [0.15, 0.2) is 23.0 Å². The highest BCUT2D eigenvalue weighted by Crippen LogP contribution is 2.37. The Morgan fingerprint density at radius 1 is 0.808 bits per heavy atom. The molecule has 1 aliphatic heterocycles. The van der Waals surface area contributed by atoms with Gasteiger partial charge in [0.2, 0.25) is 0 Å². The van der Waals surface area contributed by atoms with E-state index in [9.17, 15) is 5.11 Å². The summed E-state index contributed by atoms with van der Waals surface area (Å²) in [7, 11) is 4.92. The number of hydrogen-bond donors (Lipinski definition) is 1. The highest BCUT2D eigenvalue weighted by molar-refractivity contribution is 7.99. The molecule has 0 aliphatic carbocycles. The predicted octanol–water partition coefficient (Wildman–Crippen LogP) is 4.18. The molecule has 1 saturated heterocycles. The Morgan fingerprint density at radius 3 is 1.92 bits per heavy atom. The second-order valence-corrected chi connectivity index (χ2v) is 7.74. The normalized spacial score (nSPS) is 19.3. The van der Waals surface area contributed by atoms with E-state index in [-0.39, 0.29) is 5.75 Å². The lowest BCUT2D eigenvalue weighted by atomic mass is 9.85. The molecule has 2 aromatic carbocycles. The Labute approximate surface area is 159 Å². The van der Waals surface area contributed by atoms with Gasteiger partial charge < -0.3 is 19.3 Å². The first-order chi connectivity index (χ1) is 12.6. The standard InChI is InChI=1S/C21H26O4S/c1-23-19-7-5-15(11-21(19)25-3)9-17-13-26-12-16(17)8-14-4-6-18(22)20(10-14)24-2/h4-7,10-11,16-17,22H,8-9,12-13H2,1-3H3/t16-,17-/m0/s1. The highest BCUT2D eigenvalue weighted by Gasteiger charge is 2.28. The smallest absolute Gasteiger partial charge is 0.160 e. The fraction of sp³-hybridized carbons (Fsp3) is 0.429. The van der Waals surface area contributed by atoms with E-state index in [1.54, 1.807) is 27.4 Å². The minimum absolute atomic E-state index is 0.193. The van der Waals surface area contributed by atoms with Crippen LogP contribution in [0.2, 0.25) is 0 Å². The van der Waals surface area contributed by atoms with Gasteiger partial charge in [-0.2, -0.15) is 11.8 Å². The summed E-state index contributed by atoms with van der Waals surface area (Å²) in [5, 5.41) is 9.78. The molecule has 1 heterocycles. The van der Waals surface area contributed by atoms with Gasteiger partial charge in [0, 0.05) is 0 Å². The average molecular weight is 375 g/mol. The summed E-state index contributed by atoms with van der Waals surface area (Å²) in [4.78, 5) is 0. The number of thioether (sulfide) groups is 1. The Kier molecular flexibility index (Phi) is 6.20. The van der Waals surface area contributed by atoms with Gasteiger partial charge in [-0.1, -0.05) is 12.1 Å². The molecule has 3 rings (SSSR count). The maximum atomic E-state index is 9.78. The first-order valence-corrected chi connectivity index (χ1v) is 9.94. The third kappa shape index (κ3) is 4.21. The molecule has 1 N–H and O–H groups in total. The van der Waals surface area contributed by atoms with E-state index in [0.717, 1.165) is 24.3 Å². The molecular weight excluding hydrogens is 348 g/mol. The first-order valence-electron chi connectivity index (χ1n) is 8.79. The molecule has 0 unspecified atom stereocenters. The fourth-order valence-corrected chi connectivity index (χ4v) is 5.08. The van der Waals surface area contributed by atoms with Gasteiger partial charge in [0.05, 0.1) is 21.3 Å². The van der Waals surface area contributed by atoms with E-state index in [1.807, 2.05) is 30.0 Å². The van der Waals surface area contributed by atoms with Crippen molar-refractivity contribution in [1.82, 2.24) is 0 Å². The van der Waals surface area contributed by atoms with Crippen molar-refractivity contribution in [3.8, 4) is 23.0 Å². The molecule has 140 valence electrons. The van der Waals surface area contributed by atoms with E-state index in [4.69, 9.17) is 14.2 Å². The van der Waals surface area contributed by atoms with Crippen molar-refractivity contribution in [2.24, 2.45) is 11.8 Å². The maximum Gasteiger partial charge on any atom is 0.160 e. The summed E-state index contributed by atoms with van der Waals surface area (Å²) in [5.74, 6) is 5.87. The second-order valence-electron chi connectivity index (χ2n) is 6.66. The van der Waals surface area contributed by atoms with Gasteiger partial charge in [0.25, 0.3) is 0 Å². The average Bonchev–Trinajstić information content (AvgIpc) is 3.09. The summed E-state index contributed by atoms with van der Waals surface area (Å²) in [5.41, 5.74) is 2.49. The van der Waals surface area contributed by atoms with Crippen LogP contribution in [0.15, 0.2) is 36.4 Å². The largest absolute Gasteiger partial charge is 0.504 e.